The monoisotopic (exact) mass is 354 g/mol. The third-order valence-electron chi connectivity index (χ3n) is 4.78. The molecule has 0 spiro atoms. The van der Waals surface area contributed by atoms with Crippen molar-refractivity contribution in [2.45, 2.75) is 131 Å². The Labute approximate surface area is 158 Å². The fraction of sp³-hybridized carbons (Fsp3) is 0.957. The van der Waals surface area contributed by atoms with Gasteiger partial charge >= 0.3 is 5.97 Å². The minimum atomic E-state index is 0.0193. The summed E-state index contributed by atoms with van der Waals surface area (Å²) in [5, 5.41) is 0. The maximum Gasteiger partial charge on any atom is 0.306 e. The van der Waals surface area contributed by atoms with E-state index in [1.165, 1.54) is 57.8 Å². The molecule has 2 unspecified atom stereocenters. The highest BCUT2D eigenvalue weighted by Gasteiger charge is 2.20. The topological polar surface area (TPSA) is 26.3 Å². The molecule has 0 heterocycles. The van der Waals surface area contributed by atoms with E-state index in [0.29, 0.717) is 12.3 Å². The van der Waals surface area contributed by atoms with Gasteiger partial charge in [-0.25, -0.2) is 0 Å². The summed E-state index contributed by atoms with van der Waals surface area (Å²) in [5.41, 5.74) is 0.276. The van der Waals surface area contributed by atoms with Crippen molar-refractivity contribution in [2.24, 2.45) is 11.3 Å². The van der Waals surface area contributed by atoms with Crippen LogP contribution < -0.4 is 0 Å². The highest BCUT2D eigenvalue weighted by molar-refractivity contribution is 5.69. The Balaban J connectivity index is 4.25. The molecule has 0 saturated carbocycles. The summed E-state index contributed by atoms with van der Waals surface area (Å²) in [6.07, 6.45) is 15.3. The Hall–Kier alpha value is -0.530. The molecule has 2 nitrogen and oxygen atoms in total. The van der Waals surface area contributed by atoms with E-state index in [1.54, 1.807) is 0 Å². The van der Waals surface area contributed by atoms with Crippen LogP contribution in [0.5, 0.6) is 0 Å². The second-order valence-corrected chi connectivity index (χ2v) is 9.24. The fourth-order valence-corrected chi connectivity index (χ4v) is 3.67. The average Bonchev–Trinajstić information content (AvgIpc) is 2.48. The third kappa shape index (κ3) is 16.7. The lowest BCUT2D eigenvalue weighted by Gasteiger charge is -2.24. The molecule has 0 aliphatic carbocycles. The second-order valence-electron chi connectivity index (χ2n) is 9.24. The smallest absolute Gasteiger partial charge is 0.306 e. The van der Waals surface area contributed by atoms with Crippen molar-refractivity contribution >= 4 is 5.97 Å². The lowest BCUT2D eigenvalue weighted by atomic mass is 9.84. The number of hydrogen-bond donors (Lipinski definition) is 0. The van der Waals surface area contributed by atoms with Crippen molar-refractivity contribution in [3.63, 3.8) is 0 Å². The molecule has 0 fully saturated rings. The van der Waals surface area contributed by atoms with E-state index in [0.717, 1.165) is 19.3 Å². The van der Waals surface area contributed by atoms with E-state index >= 15 is 0 Å². The summed E-state index contributed by atoms with van der Waals surface area (Å²) < 4.78 is 5.88. The predicted molar refractivity (Wildman–Crippen MR) is 110 cm³/mol. The van der Waals surface area contributed by atoms with Crippen molar-refractivity contribution in [3.05, 3.63) is 0 Å². The highest BCUT2D eigenvalue weighted by Crippen LogP contribution is 2.26. The van der Waals surface area contributed by atoms with E-state index < -0.39 is 0 Å². The summed E-state index contributed by atoms with van der Waals surface area (Å²) in [6.45, 7) is 13.4. The molecule has 25 heavy (non-hydrogen) atoms. The van der Waals surface area contributed by atoms with Crippen LogP contribution in [0, 0.1) is 11.3 Å². The van der Waals surface area contributed by atoms with Crippen molar-refractivity contribution in [1.29, 1.82) is 0 Å². The molecule has 0 aromatic carbocycles. The molecule has 0 N–H and O–H groups in total. The molecule has 0 aliphatic heterocycles. The van der Waals surface area contributed by atoms with Gasteiger partial charge < -0.3 is 4.74 Å². The summed E-state index contributed by atoms with van der Waals surface area (Å²) in [7, 11) is 0. The normalized spacial score (nSPS) is 14.3. The Bertz CT molecular complexity index is 317. The largest absolute Gasteiger partial charge is 0.462 e. The van der Waals surface area contributed by atoms with Gasteiger partial charge in [-0.3, -0.25) is 4.79 Å². The lowest BCUT2D eigenvalue weighted by molar-refractivity contribution is -0.151. The molecule has 0 amide bonds. The van der Waals surface area contributed by atoms with Gasteiger partial charge in [-0.1, -0.05) is 86.5 Å². The first-order chi connectivity index (χ1) is 11.8. The van der Waals surface area contributed by atoms with E-state index in [4.69, 9.17) is 4.74 Å². The van der Waals surface area contributed by atoms with Gasteiger partial charge in [0.05, 0.1) is 0 Å². The number of unbranched alkanes of at least 4 members (excludes halogenated alkanes) is 7. The van der Waals surface area contributed by atoms with E-state index in [-0.39, 0.29) is 17.5 Å². The SMILES string of the molecule is CCCCCCCC(CCCCCC)OC(=O)CC(C)CC(C)(C)C. The van der Waals surface area contributed by atoms with Gasteiger partial charge in [0.15, 0.2) is 0 Å². The Morgan fingerprint density at radius 1 is 0.840 bits per heavy atom. The molecule has 0 rings (SSSR count). The minimum Gasteiger partial charge on any atom is -0.462 e. The minimum absolute atomic E-state index is 0.0193. The van der Waals surface area contributed by atoms with Crippen molar-refractivity contribution < 1.29 is 9.53 Å². The number of carbonyl (C=O) groups is 1. The van der Waals surface area contributed by atoms with Gasteiger partial charge in [-0.05, 0) is 43.4 Å². The number of rotatable bonds is 15. The second kappa shape index (κ2) is 14.6. The van der Waals surface area contributed by atoms with E-state index in [9.17, 15) is 4.79 Å². The molecular formula is C23H46O2. The molecule has 0 aromatic heterocycles. The average molecular weight is 355 g/mol. The van der Waals surface area contributed by atoms with Crippen molar-refractivity contribution in [1.82, 2.24) is 0 Å². The summed E-state index contributed by atoms with van der Waals surface area (Å²) in [5.74, 6) is 0.420. The number of carbonyl (C=O) groups excluding carboxylic acids is 1. The van der Waals surface area contributed by atoms with Crippen LogP contribution in [-0.4, -0.2) is 12.1 Å². The molecule has 0 aliphatic rings. The number of ether oxygens (including phenoxy) is 1. The molecule has 2 heteroatoms. The summed E-state index contributed by atoms with van der Waals surface area (Å²) >= 11 is 0. The number of esters is 1. The molecule has 150 valence electrons. The molecule has 0 saturated heterocycles. The van der Waals surface area contributed by atoms with Gasteiger partial charge in [0.1, 0.15) is 6.10 Å². The highest BCUT2D eigenvalue weighted by atomic mass is 16.5. The first-order valence-electron chi connectivity index (χ1n) is 11.0. The van der Waals surface area contributed by atoms with Gasteiger partial charge in [-0.2, -0.15) is 0 Å². The Morgan fingerprint density at radius 2 is 1.32 bits per heavy atom. The van der Waals surface area contributed by atoms with Gasteiger partial charge in [0, 0.05) is 6.42 Å². The van der Waals surface area contributed by atoms with Gasteiger partial charge in [0.25, 0.3) is 0 Å². The standard InChI is InChI=1S/C23H46O2/c1-7-9-11-13-15-17-21(16-14-12-10-8-2)25-22(24)18-20(3)19-23(4,5)6/h20-21H,7-19H2,1-6H3. The first kappa shape index (κ1) is 24.5. The third-order valence-corrected chi connectivity index (χ3v) is 4.78. The van der Waals surface area contributed by atoms with Gasteiger partial charge in [0.2, 0.25) is 0 Å². The van der Waals surface area contributed by atoms with Crippen molar-refractivity contribution in [3.8, 4) is 0 Å². The molecular weight excluding hydrogens is 308 g/mol. The Morgan fingerprint density at radius 3 is 1.80 bits per heavy atom. The van der Waals surface area contributed by atoms with Gasteiger partial charge in [-0.15, -0.1) is 0 Å². The van der Waals surface area contributed by atoms with Crippen LogP contribution in [0.25, 0.3) is 0 Å². The maximum absolute atomic E-state index is 12.4. The van der Waals surface area contributed by atoms with Crippen LogP contribution in [-0.2, 0) is 9.53 Å². The van der Waals surface area contributed by atoms with Crippen LogP contribution in [0.3, 0.4) is 0 Å². The Kier molecular flexibility index (Phi) is 14.3. The zero-order chi connectivity index (χ0) is 19.1. The maximum atomic E-state index is 12.4. The van der Waals surface area contributed by atoms with Crippen LogP contribution in [0.4, 0.5) is 0 Å². The quantitative estimate of drug-likeness (QED) is 0.222. The molecule has 0 aromatic rings. The zero-order valence-electron chi connectivity index (χ0n) is 18.2. The molecule has 0 radical (unpaired) electrons. The first-order valence-corrected chi connectivity index (χ1v) is 11.0. The number of hydrogen-bond acceptors (Lipinski definition) is 2. The van der Waals surface area contributed by atoms with Crippen LogP contribution in [0.2, 0.25) is 0 Å². The lowest BCUT2D eigenvalue weighted by Crippen LogP contribution is -2.21. The van der Waals surface area contributed by atoms with Crippen LogP contribution >= 0.6 is 0 Å². The van der Waals surface area contributed by atoms with Crippen LogP contribution in [0.15, 0.2) is 0 Å². The zero-order valence-corrected chi connectivity index (χ0v) is 18.2. The molecule has 2 atom stereocenters. The fourth-order valence-electron chi connectivity index (χ4n) is 3.67. The van der Waals surface area contributed by atoms with E-state index in [1.807, 2.05) is 0 Å². The summed E-state index contributed by atoms with van der Waals surface area (Å²) in [4.78, 5) is 12.4. The summed E-state index contributed by atoms with van der Waals surface area (Å²) in [6, 6.07) is 0. The van der Waals surface area contributed by atoms with Crippen LogP contribution in [0.1, 0.15) is 125 Å². The van der Waals surface area contributed by atoms with E-state index in [2.05, 4.69) is 41.5 Å². The van der Waals surface area contributed by atoms with Crippen molar-refractivity contribution in [2.75, 3.05) is 0 Å². The molecule has 0 bridgehead atoms. The predicted octanol–water partition coefficient (Wildman–Crippen LogP) is 7.69.